The number of nitriles is 1. The maximum absolute atomic E-state index is 12.7. The largest absolute Gasteiger partial charge is 0.492 e. The van der Waals surface area contributed by atoms with Gasteiger partial charge < -0.3 is 25.2 Å². The molecule has 2 aliphatic heterocycles. The van der Waals surface area contributed by atoms with E-state index < -0.39 is 0 Å². The molecule has 11 nitrogen and oxygen atoms in total. The first-order valence-electron chi connectivity index (χ1n) is 15.9. The Labute approximate surface area is 270 Å². The molecule has 0 atom stereocenters. The van der Waals surface area contributed by atoms with Crippen LogP contribution in [-0.4, -0.2) is 82.7 Å². The molecule has 0 unspecified atom stereocenters. The first-order chi connectivity index (χ1) is 22.3. The van der Waals surface area contributed by atoms with Crippen molar-refractivity contribution < 1.29 is 14.3 Å². The summed E-state index contributed by atoms with van der Waals surface area (Å²) in [5.74, 6) is 1.75. The summed E-state index contributed by atoms with van der Waals surface area (Å²) in [5, 5.41) is 20.3. The van der Waals surface area contributed by atoms with Gasteiger partial charge in [0.2, 0.25) is 5.91 Å². The van der Waals surface area contributed by atoms with Crippen molar-refractivity contribution in [3.63, 3.8) is 0 Å². The summed E-state index contributed by atoms with van der Waals surface area (Å²) in [7, 11) is 0. The van der Waals surface area contributed by atoms with E-state index in [0.29, 0.717) is 23.5 Å². The summed E-state index contributed by atoms with van der Waals surface area (Å²) < 4.78 is 7.56. The summed E-state index contributed by atoms with van der Waals surface area (Å²) in [6.07, 6.45) is 7.77. The summed E-state index contributed by atoms with van der Waals surface area (Å²) in [4.78, 5) is 32.2. The van der Waals surface area contributed by atoms with E-state index in [4.69, 9.17) is 9.72 Å². The Morgan fingerprint density at radius 2 is 1.80 bits per heavy atom. The van der Waals surface area contributed by atoms with Crippen LogP contribution in [0.1, 0.15) is 56.0 Å². The second-order valence-electron chi connectivity index (χ2n) is 11.9. The third-order valence-electron chi connectivity index (χ3n) is 8.44. The van der Waals surface area contributed by atoms with Crippen LogP contribution in [0.15, 0.2) is 67.1 Å². The van der Waals surface area contributed by atoms with Gasteiger partial charge in [0.25, 0.3) is 5.91 Å². The summed E-state index contributed by atoms with van der Waals surface area (Å²) in [6.45, 7) is 11.6. The van der Waals surface area contributed by atoms with Crippen molar-refractivity contribution in [2.24, 2.45) is 0 Å². The highest BCUT2D eigenvalue weighted by Crippen LogP contribution is 2.32. The second-order valence-corrected chi connectivity index (χ2v) is 11.9. The zero-order valence-corrected chi connectivity index (χ0v) is 26.8. The number of benzene rings is 1. The van der Waals surface area contributed by atoms with Gasteiger partial charge in [-0.2, -0.15) is 10.4 Å². The summed E-state index contributed by atoms with van der Waals surface area (Å²) >= 11 is 0. The van der Waals surface area contributed by atoms with Crippen molar-refractivity contribution in [1.82, 2.24) is 30.1 Å². The normalized spacial score (nSPS) is 15.8. The van der Waals surface area contributed by atoms with E-state index in [9.17, 15) is 14.9 Å². The molecular weight excluding hydrogens is 580 g/mol. The lowest BCUT2D eigenvalue weighted by atomic mass is 9.89. The number of pyridine rings is 2. The number of carbonyl (C=O) groups is 2. The number of carbonyl (C=O) groups excluding carboxylic acids is 2. The standard InChI is InChI=1S/C29H30N6O2.C6H12N2O/c1-3-15-37-24-16-25(27-23(17-30)19-32-35(27)20-24)22-9-10-26(31-18-22)34-13-11-29(2,12-14-34)33-28(36)21-7-5-4-6-8-21;1-6(9)8-4-2-7-3-5-8/h4-10,16,18-20H,3,11-15H2,1-2H3,(H,33,36);7H,2-5H2,1H3. The van der Waals surface area contributed by atoms with Crippen molar-refractivity contribution in [3.05, 3.63) is 78.2 Å². The highest BCUT2D eigenvalue weighted by molar-refractivity contribution is 5.94. The lowest BCUT2D eigenvalue weighted by Gasteiger charge is -2.40. The zero-order chi connectivity index (χ0) is 32.5. The fraction of sp³-hybridized carbons (Fsp3) is 0.400. The molecule has 46 heavy (non-hydrogen) atoms. The van der Waals surface area contributed by atoms with E-state index in [1.807, 2.05) is 59.6 Å². The van der Waals surface area contributed by atoms with Crippen LogP contribution in [-0.2, 0) is 4.79 Å². The van der Waals surface area contributed by atoms with Crippen molar-refractivity contribution >= 4 is 23.1 Å². The quantitative estimate of drug-likeness (QED) is 0.313. The van der Waals surface area contributed by atoms with Gasteiger partial charge >= 0.3 is 0 Å². The number of piperidine rings is 1. The summed E-state index contributed by atoms with van der Waals surface area (Å²) in [6, 6.07) is 17.6. The van der Waals surface area contributed by atoms with Crippen LogP contribution in [0, 0.1) is 11.3 Å². The monoisotopic (exact) mass is 622 g/mol. The molecule has 0 bridgehead atoms. The van der Waals surface area contributed by atoms with Gasteiger partial charge in [-0.05, 0) is 56.5 Å². The lowest BCUT2D eigenvalue weighted by Crippen LogP contribution is -2.53. The Bertz CT molecular complexity index is 1670. The molecule has 6 rings (SSSR count). The number of amides is 2. The Morgan fingerprint density at radius 1 is 1.07 bits per heavy atom. The second kappa shape index (κ2) is 14.9. The molecule has 0 spiro atoms. The lowest BCUT2D eigenvalue weighted by molar-refractivity contribution is -0.129. The van der Waals surface area contributed by atoms with Crippen LogP contribution in [0.3, 0.4) is 0 Å². The number of nitrogens with zero attached hydrogens (tertiary/aromatic N) is 6. The van der Waals surface area contributed by atoms with Crippen molar-refractivity contribution in [2.45, 2.75) is 45.6 Å². The Kier molecular flexibility index (Phi) is 10.5. The molecule has 5 heterocycles. The maximum atomic E-state index is 12.7. The average molecular weight is 623 g/mol. The van der Waals surface area contributed by atoms with Gasteiger partial charge in [0.05, 0.1) is 30.1 Å². The molecule has 1 aromatic carbocycles. The molecule has 240 valence electrons. The minimum atomic E-state index is -0.260. The number of ether oxygens (including phenoxy) is 1. The first kappa shape index (κ1) is 32.4. The number of fused-ring (bicyclic) bond motifs is 1. The number of hydrogen-bond acceptors (Lipinski definition) is 8. The minimum Gasteiger partial charge on any atom is -0.492 e. The Balaban J connectivity index is 0.000000400. The number of aromatic nitrogens is 3. The van der Waals surface area contributed by atoms with Crippen molar-refractivity contribution in [2.75, 3.05) is 50.8 Å². The molecule has 4 aromatic rings. The molecule has 2 amide bonds. The van der Waals surface area contributed by atoms with Crippen LogP contribution in [0.5, 0.6) is 5.75 Å². The number of piperazine rings is 1. The molecule has 0 aliphatic carbocycles. The van der Waals surface area contributed by atoms with Crippen LogP contribution in [0.25, 0.3) is 16.6 Å². The smallest absolute Gasteiger partial charge is 0.251 e. The van der Waals surface area contributed by atoms with Gasteiger partial charge in [-0.3, -0.25) is 9.59 Å². The van der Waals surface area contributed by atoms with Crippen molar-refractivity contribution in [1.29, 1.82) is 5.26 Å². The predicted octanol–water partition coefficient (Wildman–Crippen LogP) is 4.28. The molecule has 0 radical (unpaired) electrons. The third kappa shape index (κ3) is 7.82. The number of hydrogen-bond donors (Lipinski definition) is 2. The minimum absolute atomic E-state index is 0.0351. The SMILES string of the molecule is CC(=O)N1CCNCC1.CCCOc1cc(-c2ccc(N3CCC(C)(NC(=O)c4ccccc4)CC3)nc2)c2c(C#N)cnn2c1. The van der Waals surface area contributed by atoms with Gasteiger partial charge in [-0.1, -0.05) is 25.1 Å². The van der Waals surface area contributed by atoms with Crippen LogP contribution in [0.4, 0.5) is 5.82 Å². The van der Waals surface area contributed by atoms with Crippen LogP contribution in [0.2, 0.25) is 0 Å². The highest BCUT2D eigenvalue weighted by Gasteiger charge is 2.32. The highest BCUT2D eigenvalue weighted by atomic mass is 16.5. The first-order valence-corrected chi connectivity index (χ1v) is 15.9. The molecule has 2 saturated heterocycles. The Morgan fingerprint density at radius 3 is 2.41 bits per heavy atom. The number of rotatable bonds is 7. The molecule has 11 heteroatoms. The Hall–Kier alpha value is -4.95. The molecule has 2 aliphatic rings. The average Bonchev–Trinajstić information content (AvgIpc) is 3.51. The molecule has 2 N–H and O–H groups in total. The molecule has 2 fully saturated rings. The van der Waals surface area contributed by atoms with Gasteiger partial charge in [0.15, 0.2) is 0 Å². The zero-order valence-electron chi connectivity index (χ0n) is 26.8. The van der Waals surface area contributed by atoms with E-state index in [2.05, 4.69) is 40.5 Å². The van der Waals surface area contributed by atoms with Gasteiger partial charge in [0.1, 0.15) is 17.6 Å². The summed E-state index contributed by atoms with van der Waals surface area (Å²) in [5.41, 5.74) is 3.42. The van der Waals surface area contributed by atoms with Crippen LogP contribution >= 0.6 is 0 Å². The fourth-order valence-corrected chi connectivity index (χ4v) is 5.70. The number of anilines is 1. The molecular formula is C35H42N8O3. The fourth-order valence-electron chi connectivity index (χ4n) is 5.70. The molecule has 0 saturated carbocycles. The van der Waals surface area contributed by atoms with E-state index in [0.717, 1.165) is 81.0 Å². The van der Waals surface area contributed by atoms with E-state index in [1.165, 1.54) is 0 Å². The van der Waals surface area contributed by atoms with Crippen molar-refractivity contribution in [3.8, 4) is 22.9 Å². The van der Waals surface area contributed by atoms with Gasteiger partial charge in [-0.15, -0.1) is 0 Å². The predicted molar refractivity (Wildman–Crippen MR) is 178 cm³/mol. The maximum Gasteiger partial charge on any atom is 0.251 e. The van der Waals surface area contributed by atoms with E-state index >= 15 is 0 Å². The number of nitrogens with one attached hydrogen (secondary N) is 2. The molecule has 3 aromatic heterocycles. The third-order valence-corrected chi connectivity index (χ3v) is 8.44. The van der Waals surface area contributed by atoms with Crippen LogP contribution < -0.4 is 20.3 Å². The van der Waals surface area contributed by atoms with E-state index in [-0.39, 0.29) is 17.4 Å². The van der Waals surface area contributed by atoms with E-state index in [1.54, 1.807) is 23.8 Å². The van der Waals surface area contributed by atoms with Gasteiger partial charge in [-0.25, -0.2) is 9.50 Å². The topological polar surface area (TPSA) is 128 Å². The van der Waals surface area contributed by atoms with Gasteiger partial charge in [0, 0.05) is 74.6 Å².